The highest BCUT2D eigenvalue weighted by molar-refractivity contribution is 5.52. The van der Waals surface area contributed by atoms with Crippen molar-refractivity contribution in [3.05, 3.63) is 65.7 Å². The summed E-state index contributed by atoms with van der Waals surface area (Å²) in [5.74, 6) is -1.79. The van der Waals surface area contributed by atoms with Gasteiger partial charge in [0.1, 0.15) is 12.0 Å². The molecule has 2 heterocycles. The highest BCUT2D eigenvalue weighted by atomic mass is 19.2. The summed E-state index contributed by atoms with van der Waals surface area (Å²) < 4.78 is 46.0. The maximum absolute atomic E-state index is 14.1. The van der Waals surface area contributed by atoms with Gasteiger partial charge in [-0.3, -0.25) is 0 Å². The number of rotatable bonds is 3. The van der Waals surface area contributed by atoms with Crippen LogP contribution in [0, 0.1) is 17.5 Å². The normalized spacial score (nSPS) is 20.2. The Balaban J connectivity index is 1.53. The Labute approximate surface area is 159 Å². The van der Waals surface area contributed by atoms with Gasteiger partial charge in [-0.1, -0.05) is 11.2 Å². The first-order valence-corrected chi connectivity index (χ1v) is 9.01. The van der Waals surface area contributed by atoms with E-state index in [-0.39, 0.29) is 29.7 Å². The molecule has 8 heteroatoms. The lowest BCUT2D eigenvalue weighted by Gasteiger charge is -2.28. The fourth-order valence-corrected chi connectivity index (χ4v) is 3.50. The van der Waals surface area contributed by atoms with E-state index in [4.69, 9.17) is 4.52 Å². The second-order valence-electron chi connectivity index (χ2n) is 6.79. The zero-order valence-electron chi connectivity index (χ0n) is 14.9. The molecular formula is C20H18F3N3O2. The van der Waals surface area contributed by atoms with Crippen molar-refractivity contribution in [3.8, 4) is 11.5 Å². The van der Waals surface area contributed by atoms with Gasteiger partial charge in [0.25, 0.3) is 5.89 Å². The number of halogens is 3. The van der Waals surface area contributed by atoms with Gasteiger partial charge in [-0.15, -0.1) is 0 Å². The molecule has 3 aromatic rings. The molecule has 0 spiro atoms. The molecule has 5 nitrogen and oxygen atoms in total. The third kappa shape index (κ3) is 3.60. The lowest BCUT2D eigenvalue weighted by Crippen LogP contribution is -2.36. The number of aliphatic hydroxyl groups excluding tert-OH is 1. The van der Waals surface area contributed by atoms with Crippen LogP contribution in [0.1, 0.15) is 31.0 Å². The molecule has 0 bridgehead atoms. The first-order chi connectivity index (χ1) is 13.5. The Morgan fingerprint density at radius 1 is 1.07 bits per heavy atom. The highest BCUT2D eigenvalue weighted by Crippen LogP contribution is 2.33. The number of anilines is 1. The van der Waals surface area contributed by atoms with Crippen molar-refractivity contribution in [1.82, 2.24) is 10.1 Å². The van der Waals surface area contributed by atoms with E-state index >= 15 is 0 Å². The topological polar surface area (TPSA) is 62.4 Å². The highest BCUT2D eigenvalue weighted by Gasteiger charge is 2.30. The Morgan fingerprint density at radius 2 is 1.86 bits per heavy atom. The van der Waals surface area contributed by atoms with E-state index in [1.807, 2.05) is 0 Å². The van der Waals surface area contributed by atoms with E-state index in [2.05, 4.69) is 10.1 Å². The summed E-state index contributed by atoms with van der Waals surface area (Å²) >= 11 is 0. The summed E-state index contributed by atoms with van der Waals surface area (Å²) in [6, 6.07) is 9.61. The van der Waals surface area contributed by atoms with Crippen molar-refractivity contribution in [2.75, 3.05) is 11.4 Å². The number of aromatic nitrogens is 2. The van der Waals surface area contributed by atoms with Crippen LogP contribution in [-0.2, 0) is 0 Å². The average molecular weight is 389 g/mol. The van der Waals surface area contributed by atoms with Crippen LogP contribution in [0.3, 0.4) is 0 Å². The monoisotopic (exact) mass is 389 g/mol. The van der Waals surface area contributed by atoms with Crippen LogP contribution in [0.2, 0.25) is 0 Å². The van der Waals surface area contributed by atoms with Crippen molar-refractivity contribution < 1.29 is 22.8 Å². The van der Waals surface area contributed by atoms with Gasteiger partial charge in [-0.2, -0.15) is 4.98 Å². The molecular weight excluding hydrogens is 371 g/mol. The molecule has 0 saturated carbocycles. The van der Waals surface area contributed by atoms with E-state index in [0.717, 1.165) is 6.07 Å². The smallest absolute Gasteiger partial charge is 0.257 e. The molecule has 1 aromatic heterocycles. The predicted molar refractivity (Wildman–Crippen MR) is 96.0 cm³/mol. The van der Waals surface area contributed by atoms with Crippen LogP contribution in [0.15, 0.2) is 47.0 Å². The average Bonchev–Trinajstić information content (AvgIpc) is 3.09. The Hall–Kier alpha value is -2.87. The van der Waals surface area contributed by atoms with Gasteiger partial charge in [-0.05, 0) is 49.2 Å². The van der Waals surface area contributed by atoms with Gasteiger partial charge in [0.05, 0.1) is 5.69 Å². The fraction of sp³-hybridized carbons (Fsp3) is 0.300. The quantitative estimate of drug-likeness (QED) is 0.726. The SMILES string of the molecule is OC1C[C@H](c2noc(-c3ccc(F)cc3)n2)CCCN1c1cccc(F)c1F. The Bertz CT molecular complexity index is 962. The van der Waals surface area contributed by atoms with Gasteiger partial charge < -0.3 is 14.5 Å². The largest absolute Gasteiger partial charge is 0.374 e. The minimum Gasteiger partial charge on any atom is -0.374 e. The van der Waals surface area contributed by atoms with E-state index in [9.17, 15) is 18.3 Å². The van der Waals surface area contributed by atoms with Crippen LogP contribution in [0.4, 0.5) is 18.9 Å². The molecule has 1 aliphatic rings. The van der Waals surface area contributed by atoms with E-state index in [0.29, 0.717) is 30.8 Å². The van der Waals surface area contributed by atoms with Gasteiger partial charge in [0.2, 0.25) is 0 Å². The van der Waals surface area contributed by atoms with Crippen LogP contribution in [0.5, 0.6) is 0 Å². The lowest BCUT2D eigenvalue weighted by atomic mass is 9.99. The molecule has 0 amide bonds. The Kier molecular flexibility index (Phi) is 5.04. The second kappa shape index (κ2) is 7.63. The molecule has 1 saturated heterocycles. The molecule has 28 heavy (non-hydrogen) atoms. The van der Waals surface area contributed by atoms with Crippen molar-refractivity contribution in [2.45, 2.75) is 31.4 Å². The van der Waals surface area contributed by atoms with Gasteiger partial charge in [-0.25, -0.2) is 13.2 Å². The molecule has 146 valence electrons. The number of benzene rings is 2. The summed E-state index contributed by atoms with van der Waals surface area (Å²) in [4.78, 5) is 5.83. The molecule has 1 fully saturated rings. The van der Waals surface area contributed by atoms with Gasteiger partial charge >= 0.3 is 0 Å². The van der Waals surface area contributed by atoms with E-state index < -0.39 is 17.9 Å². The summed E-state index contributed by atoms with van der Waals surface area (Å²) in [6.45, 7) is 0.376. The summed E-state index contributed by atoms with van der Waals surface area (Å²) in [5, 5.41) is 14.6. The number of nitrogens with zero attached hydrogens (tertiary/aromatic N) is 3. The third-order valence-electron chi connectivity index (χ3n) is 4.95. The Morgan fingerprint density at radius 3 is 2.64 bits per heavy atom. The fourth-order valence-electron chi connectivity index (χ4n) is 3.50. The van der Waals surface area contributed by atoms with Crippen LogP contribution >= 0.6 is 0 Å². The number of hydrogen-bond donors (Lipinski definition) is 1. The predicted octanol–water partition coefficient (Wildman–Crippen LogP) is 4.25. The van der Waals surface area contributed by atoms with Gasteiger partial charge in [0, 0.05) is 24.4 Å². The number of aliphatic hydroxyl groups is 1. The standard InChI is InChI=1S/C20H18F3N3O2/c21-14-8-6-12(7-9-14)20-24-19(25-28-20)13-3-2-10-26(17(27)11-13)16-5-1-4-15(22)18(16)23/h1,4-9,13,17,27H,2-3,10-11H2/t13-,17?/m1/s1. The van der Waals surface area contributed by atoms with E-state index in [1.165, 1.54) is 29.2 Å². The minimum absolute atomic E-state index is 0.0354. The molecule has 4 rings (SSSR count). The minimum atomic E-state index is -1.02. The zero-order chi connectivity index (χ0) is 19.7. The molecule has 0 radical (unpaired) electrons. The number of hydrogen-bond acceptors (Lipinski definition) is 5. The first-order valence-electron chi connectivity index (χ1n) is 9.01. The van der Waals surface area contributed by atoms with Crippen LogP contribution < -0.4 is 4.90 Å². The molecule has 2 atom stereocenters. The molecule has 1 unspecified atom stereocenters. The van der Waals surface area contributed by atoms with Gasteiger partial charge in [0.15, 0.2) is 17.5 Å². The van der Waals surface area contributed by atoms with Crippen molar-refractivity contribution in [2.24, 2.45) is 0 Å². The molecule has 2 aromatic carbocycles. The van der Waals surface area contributed by atoms with Crippen LogP contribution in [0.25, 0.3) is 11.5 Å². The second-order valence-corrected chi connectivity index (χ2v) is 6.79. The summed E-state index contributed by atoms with van der Waals surface area (Å²) in [5.41, 5.74) is 0.631. The summed E-state index contributed by atoms with van der Waals surface area (Å²) in [6.07, 6.45) is 0.528. The van der Waals surface area contributed by atoms with E-state index in [1.54, 1.807) is 12.1 Å². The molecule has 0 aliphatic carbocycles. The first kappa shape index (κ1) is 18.5. The maximum atomic E-state index is 14.1. The molecule has 1 N–H and O–H groups in total. The summed E-state index contributed by atoms with van der Waals surface area (Å²) in [7, 11) is 0. The van der Waals surface area contributed by atoms with Crippen molar-refractivity contribution in [3.63, 3.8) is 0 Å². The molecule has 1 aliphatic heterocycles. The zero-order valence-corrected chi connectivity index (χ0v) is 14.9. The van der Waals surface area contributed by atoms with Crippen molar-refractivity contribution in [1.29, 1.82) is 0 Å². The third-order valence-corrected chi connectivity index (χ3v) is 4.95. The van der Waals surface area contributed by atoms with Crippen LogP contribution in [-0.4, -0.2) is 28.0 Å². The van der Waals surface area contributed by atoms with Crippen molar-refractivity contribution >= 4 is 5.69 Å². The maximum Gasteiger partial charge on any atom is 0.257 e. The lowest BCUT2D eigenvalue weighted by molar-refractivity contribution is 0.154.